The Morgan fingerprint density at radius 1 is 1.00 bits per heavy atom. The second-order valence-corrected chi connectivity index (χ2v) is 6.82. The van der Waals surface area contributed by atoms with E-state index < -0.39 is 0 Å². The van der Waals surface area contributed by atoms with Crippen LogP contribution in [0.25, 0.3) is 0 Å². The molecule has 1 saturated heterocycles. The van der Waals surface area contributed by atoms with Gasteiger partial charge in [0.05, 0.1) is 0 Å². The molecular weight excluding hydrogens is 256 g/mol. The average molecular weight is 286 g/mol. The molecule has 1 atom stereocenters. The highest BCUT2D eigenvalue weighted by molar-refractivity contribution is 5.14. The summed E-state index contributed by atoms with van der Waals surface area (Å²) >= 11 is 0. The minimum atomic E-state index is 0.758. The fourth-order valence-electron chi connectivity index (χ4n) is 3.51. The highest BCUT2D eigenvalue weighted by Gasteiger charge is 2.30. The molecule has 1 N–H and O–H groups in total. The summed E-state index contributed by atoms with van der Waals surface area (Å²) in [5.41, 5.74) is 1.49. The second kappa shape index (κ2) is 7.95. The fraction of sp³-hybridized carbons (Fsp3) is 0.684. The van der Waals surface area contributed by atoms with Crippen LogP contribution in [0.5, 0.6) is 0 Å². The Hall–Kier alpha value is -0.860. The van der Waals surface area contributed by atoms with E-state index in [4.69, 9.17) is 0 Å². The van der Waals surface area contributed by atoms with E-state index in [1.165, 1.54) is 76.6 Å². The van der Waals surface area contributed by atoms with E-state index >= 15 is 0 Å². The first kappa shape index (κ1) is 15.1. The first-order valence-corrected chi connectivity index (χ1v) is 8.93. The van der Waals surface area contributed by atoms with Crippen molar-refractivity contribution >= 4 is 0 Å². The molecule has 2 aliphatic rings. The summed E-state index contributed by atoms with van der Waals surface area (Å²) in [6, 6.07) is 12.6. The zero-order valence-corrected chi connectivity index (χ0v) is 13.3. The molecule has 0 bridgehead atoms. The summed E-state index contributed by atoms with van der Waals surface area (Å²) in [7, 11) is 0. The Balaban J connectivity index is 1.37. The van der Waals surface area contributed by atoms with Gasteiger partial charge in [-0.05, 0) is 63.6 Å². The lowest BCUT2D eigenvalue weighted by Crippen LogP contribution is -2.44. The topological polar surface area (TPSA) is 15.3 Å². The third kappa shape index (κ3) is 5.12. The predicted molar refractivity (Wildman–Crippen MR) is 89.6 cm³/mol. The van der Waals surface area contributed by atoms with Crippen LogP contribution < -0.4 is 5.32 Å². The lowest BCUT2D eigenvalue weighted by molar-refractivity contribution is 0.212. The van der Waals surface area contributed by atoms with Crippen LogP contribution in [0.15, 0.2) is 30.3 Å². The zero-order chi connectivity index (χ0) is 14.3. The molecule has 1 aliphatic heterocycles. The molecular formula is C19H30N2. The van der Waals surface area contributed by atoms with Crippen LogP contribution in [0.4, 0.5) is 0 Å². The van der Waals surface area contributed by atoms with Crippen molar-refractivity contribution in [2.24, 2.45) is 0 Å². The molecule has 1 aromatic rings. The molecule has 2 nitrogen and oxygen atoms in total. The largest absolute Gasteiger partial charge is 0.313 e. The molecule has 0 aromatic heterocycles. The Morgan fingerprint density at radius 2 is 1.86 bits per heavy atom. The van der Waals surface area contributed by atoms with Crippen molar-refractivity contribution < 1.29 is 0 Å². The Morgan fingerprint density at radius 3 is 2.57 bits per heavy atom. The van der Waals surface area contributed by atoms with Crippen molar-refractivity contribution in [3.63, 3.8) is 0 Å². The minimum absolute atomic E-state index is 0.758. The first-order valence-electron chi connectivity index (χ1n) is 8.93. The van der Waals surface area contributed by atoms with Crippen LogP contribution in [-0.4, -0.2) is 36.6 Å². The third-order valence-corrected chi connectivity index (χ3v) is 4.93. The fourth-order valence-corrected chi connectivity index (χ4v) is 3.51. The van der Waals surface area contributed by atoms with E-state index in [0.29, 0.717) is 0 Å². The van der Waals surface area contributed by atoms with Crippen LogP contribution in [0.2, 0.25) is 0 Å². The monoisotopic (exact) mass is 286 g/mol. The van der Waals surface area contributed by atoms with Gasteiger partial charge in [0, 0.05) is 18.6 Å². The highest BCUT2D eigenvalue weighted by Crippen LogP contribution is 2.28. The van der Waals surface area contributed by atoms with Gasteiger partial charge in [-0.25, -0.2) is 0 Å². The number of hydrogen-bond acceptors (Lipinski definition) is 2. The molecule has 21 heavy (non-hydrogen) atoms. The van der Waals surface area contributed by atoms with Crippen LogP contribution in [-0.2, 0) is 6.42 Å². The summed E-state index contributed by atoms with van der Waals surface area (Å²) in [5, 5.41) is 3.71. The second-order valence-electron chi connectivity index (χ2n) is 6.82. The van der Waals surface area contributed by atoms with Gasteiger partial charge >= 0.3 is 0 Å². The Bertz CT molecular complexity index is 393. The number of benzene rings is 1. The molecule has 116 valence electrons. The van der Waals surface area contributed by atoms with Crippen molar-refractivity contribution in [2.75, 3.05) is 19.6 Å². The van der Waals surface area contributed by atoms with E-state index in [1.54, 1.807) is 0 Å². The lowest BCUT2D eigenvalue weighted by atomic mass is 10.0. The Labute approximate surface area is 129 Å². The molecule has 0 spiro atoms. The molecule has 2 fully saturated rings. The molecule has 2 heteroatoms. The summed E-state index contributed by atoms with van der Waals surface area (Å²) in [5.74, 6) is 0. The lowest BCUT2D eigenvalue weighted by Gasteiger charge is -2.30. The highest BCUT2D eigenvalue weighted by atomic mass is 15.2. The number of nitrogens with one attached hydrogen (secondary N) is 1. The number of aryl methyl sites for hydroxylation is 1. The summed E-state index contributed by atoms with van der Waals surface area (Å²) in [6.45, 7) is 3.82. The molecule has 0 amide bonds. The third-order valence-electron chi connectivity index (χ3n) is 4.93. The number of unbranched alkanes of at least 4 members (excludes halogenated alkanes) is 1. The standard InChI is InChI=1S/C19H30N2/c1-2-8-17(9-3-1)10-5-7-15-21(19-12-13-19)16-18-11-4-6-14-20-18/h1-3,8-9,18-20H,4-7,10-16H2. The van der Waals surface area contributed by atoms with Gasteiger partial charge in [0.1, 0.15) is 0 Å². The molecule has 1 aliphatic carbocycles. The van der Waals surface area contributed by atoms with Gasteiger partial charge in [-0.15, -0.1) is 0 Å². The van der Waals surface area contributed by atoms with Crippen molar-refractivity contribution in [3.05, 3.63) is 35.9 Å². The molecule has 1 aromatic carbocycles. The normalized spacial score (nSPS) is 22.6. The summed E-state index contributed by atoms with van der Waals surface area (Å²) < 4.78 is 0. The molecule has 3 rings (SSSR count). The van der Waals surface area contributed by atoms with Crippen molar-refractivity contribution in [1.29, 1.82) is 0 Å². The van der Waals surface area contributed by atoms with Gasteiger partial charge in [0.15, 0.2) is 0 Å². The maximum atomic E-state index is 3.71. The zero-order valence-electron chi connectivity index (χ0n) is 13.3. The van der Waals surface area contributed by atoms with Gasteiger partial charge < -0.3 is 5.32 Å². The van der Waals surface area contributed by atoms with Crippen LogP contribution in [0.3, 0.4) is 0 Å². The van der Waals surface area contributed by atoms with E-state index in [9.17, 15) is 0 Å². The minimum Gasteiger partial charge on any atom is -0.313 e. The van der Waals surface area contributed by atoms with Crippen LogP contribution in [0.1, 0.15) is 50.5 Å². The number of nitrogens with zero attached hydrogens (tertiary/aromatic N) is 1. The van der Waals surface area contributed by atoms with Gasteiger partial charge in [-0.3, -0.25) is 4.90 Å². The number of rotatable bonds is 8. The molecule has 1 unspecified atom stereocenters. The number of piperidine rings is 1. The average Bonchev–Trinajstić information content (AvgIpc) is 3.37. The molecule has 0 radical (unpaired) electrons. The summed E-state index contributed by atoms with van der Waals surface area (Å²) in [4.78, 5) is 2.77. The van der Waals surface area contributed by atoms with Gasteiger partial charge in [0.25, 0.3) is 0 Å². The summed E-state index contributed by atoms with van der Waals surface area (Å²) in [6.07, 6.45) is 11.0. The van der Waals surface area contributed by atoms with E-state index in [-0.39, 0.29) is 0 Å². The smallest absolute Gasteiger partial charge is 0.0195 e. The quantitative estimate of drug-likeness (QED) is 0.734. The van der Waals surface area contributed by atoms with Crippen molar-refractivity contribution in [2.45, 2.75) is 63.5 Å². The van der Waals surface area contributed by atoms with E-state index in [1.807, 2.05) is 0 Å². The van der Waals surface area contributed by atoms with Gasteiger partial charge in [0.2, 0.25) is 0 Å². The van der Waals surface area contributed by atoms with Crippen LogP contribution >= 0.6 is 0 Å². The number of hydrogen-bond donors (Lipinski definition) is 1. The molecule has 1 heterocycles. The Kier molecular flexibility index (Phi) is 5.70. The first-order chi connectivity index (χ1) is 10.4. The molecule has 1 saturated carbocycles. The van der Waals surface area contributed by atoms with E-state index in [0.717, 1.165) is 12.1 Å². The maximum Gasteiger partial charge on any atom is 0.0195 e. The van der Waals surface area contributed by atoms with E-state index in [2.05, 4.69) is 40.5 Å². The van der Waals surface area contributed by atoms with Gasteiger partial charge in [-0.1, -0.05) is 36.8 Å². The van der Waals surface area contributed by atoms with Crippen molar-refractivity contribution in [3.8, 4) is 0 Å². The SMILES string of the molecule is c1ccc(CCCCN(CC2CCCCN2)C2CC2)cc1. The van der Waals surface area contributed by atoms with Gasteiger partial charge in [-0.2, -0.15) is 0 Å². The van der Waals surface area contributed by atoms with Crippen LogP contribution in [0, 0.1) is 0 Å². The van der Waals surface area contributed by atoms with Crippen molar-refractivity contribution in [1.82, 2.24) is 10.2 Å². The predicted octanol–water partition coefficient (Wildman–Crippen LogP) is 3.62. The maximum absolute atomic E-state index is 3.71.